The summed E-state index contributed by atoms with van der Waals surface area (Å²) in [5.41, 5.74) is 0.536. The number of pyridine rings is 1. The molecular formula is C11H15NO3. The molecule has 0 aromatic carbocycles. The summed E-state index contributed by atoms with van der Waals surface area (Å²) in [4.78, 5) is 15.5. The van der Waals surface area contributed by atoms with E-state index in [1.807, 2.05) is 6.92 Å². The highest BCUT2D eigenvalue weighted by Gasteiger charge is 2.06. The van der Waals surface area contributed by atoms with Crippen LogP contribution in [0.15, 0.2) is 18.5 Å². The van der Waals surface area contributed by atoms with E-state index in [9.17, 15) is 4.79 Å². The van der Waals surface area contributed by atoms with Crippen molar-refractivity contribution in [1.29, 1.82) is 0 Å². The maximum atomic E-state index is 11.6. The first-order valence-corrected chi connectivity index (χ1v) is 4.99. The molecule has 1 N–H and O–H groups in total. The lowest BCUT2D eigenvalue weighted by molar-refractivity contribution is 0.0970. The molecule has 0 saturated heterocycles. The molecule has 0 atom stereocenters. The predicted molar refractivity (Wildman–Crippen MR) is 56.1 cm³/mol. The lowest BCUT2D eigenvalue weighted by Gasteiger charge is -2.04. The minimum Gasteiger partial charge on any atom is -0.492 e. The molecule has 82 valence electrons. The second kappa shape index (κ2) is 6.14. The topological polar surface area (TPSA) is 59.4 Å². The largest absolute Gasteiger partial charge is 0.492 e. The van der Waals surface area contributed by atoms with Crippen LogP contribution in [0.3, 0.4) is 0 Å². The minimum absolute atomic E-state index is 0.0156. The van der Waals surface area contributed by atoms with Crippen molar-refractivity contribution in [3.8, 4) is 5.75 Å². The molecule has 1 rings (SSSR count). The summed E-state index contributed by atoms with van der Waals surface area (Å²) in [5, 5.41) is 8.61. The third kappa shape index (κ3) is 3.67. The van der Waals surface area contributed by atoms with Crippen LogP contribution in [0.2, 0.25) is 0 Å². The maximum Gasteiger partial charge on any atom is 0.164 e. The Kier molecular flexibility index (Phi) is 4.77. The Morgan fingerprint density at radius 3 is 3.00 bits per heavy atom. The highest BCUT2D eigenvalue weighted by Crippen LogP contribution is 2.13. The molecule has 0 saturated carbocycles. The van der Waals surface area contributed by atoms with Crippen LogP contribution in [-0.2, 0) is 0 Å². The molecule has 1 heterocycles. The molecule has 0 fully saturated rings. The van der Waals surface area contributed by atoms with E-state index in [4.69, 9.17) is 9.84 Å². The van der Waals surface area contributed by atoms with Gasteiger partial charge in [-0.1, -0.05) is 0 Å². The highest BCUT2D eigenvalue weighted by molar-refractivity contribution is 5.96. The second-order valence-corrected chi connectivity index (χ2v) is 3.09. The number of ether oxygens (including phenoxy) is 1. The Bertz CT molecular complexity index is 325. The van der Waals surface area contributed by atoms with Gasteiger partial charge in [-0.15, -0.1) is 0 Å². The van der Waals surface area contributed by atoms with Gasteiger partial charge in [0.05, 0.1) is 12.8 Å². The van der Waals surface area contributed by atoms with E-state index in [2.05, 4.69) is 4.98 Å². The van der Waals surface area contributed by atoms with Gasteiger partial charge in [-0.05, 0) is 19.4 Å². The molecule has 15 heavy (non-hydrogen) atoms. The van der Waals surface area contributed by atoms with E-state index in [1.165, 1.54) is 6.20 Å². The molecule has 1 aromatic rings. The Balaban J connectivity index is 2.67. The third-order valence-electron chi connectivity index (χ3n) is 1.91. The molecule has 0 radical (unpaired) electrons. The van der Waals surface area contributed by atoms with Gasteiger partial charge in [0.25, 0.3) is 0 Å². The molecule has 0 aliphatic rings. The van der Waals surface area contributed by atoms with Crippen molar-refractivity contribution in [3.05, 3.63) is 24.0 Å². The van der Waals surface area contributed by atoms with Crippen LogP contribution in [0.1, 0.15) is 30.1 Å². The van der Waals surface area contributed by atoms with Gasteiger partial charge < -0.3 is 9.84 Å². The smallest absolute Gasteiger partial charge is 0.164 e. The summed E-state index contributed by atoms with van der Waals surface area (Å²) in [6.45, 7) is 2.46. The quantitative estimate of drug-likeness (QED) is 0.720. The van der Waals surface area contributed by atoms with Gasteiger partial charge in [0, 0.05) is 24.8 Å². The van der Waals surface area contributed by atoms with Crippen LogP contribution < -0.4 is 4.74 Å². The SMILES string of the molecule is CCOc1cncc(C(=O)CCCO)c1. The molecule has 0 aliphatic carbocycles. The van der Waals surface area contributed by atoms with E-state index in [0.29, 0.717) is 30.8 Å². The summed E-state index contributed by atoms with van der Waals surface area (Å²) in [7, 11) is 0. The number of carbonyl (C=O) groups is 1. The van der Waals surface area contributed by atoms with Crippen LogP contribution in [0.4, 0.5) is 0 Å². The van der Waals surface area contributed by atoms with E-state index in [-0.39, 0.29) is 12.4 Å². The average Bonchev–Trinajstić information content (AvgIpc) is 2.27. The number of Topliss-reactive ketones (excluding diaryl/α,β-unsaturated/α-hetero) is 1. The van der Waals surface area contributed by atoms with Crippen molar-refractivity contribution in [3.63, 3.8) is 0 Å². The first-order valence-electron chi connectivity index (χ1n) is 4.99. The van der Waals surface area contributed by atoms with Crippen LogP contribution in [-0.4, -0.2) is 29.1 Å². The predicted octanol–water partition coefficient (Wildman–Crippen LogP) is 1.44. The number of carbonyl (C=O) groups excluding carboxylic acids is 1. The number of aliphatic hydroxyl groups excluding tert-OH is 1. The standard InChI is InChI=1S/C11H15NO3/c1-2-15-10-6-9(7-12-8-10)11(14)4-3-5-13/h6-8,13H,2-5H2,1H3. The Morgan fingerprint density at radius 2 is 2.33 bits per heavy atom. The summed E-state index contributed by atoms with van der Waals surface area (Å²) in [6.07, 6.45) is 3.92. The number of aliphatic hydroxyl groups is 1. The third-order valence-corrected chi connectivity index (χ3v) is 1.91. The van der Waals surface area contributed by atoms with Crippen LogP contribution in [0.5, 0.6) is 5.75 Å². The van der Waals surface area contributed by atoms with Crippen LogP contribution in [0.25, 0.3) is 0 Å². The summed E-state index contributed by atoms with van der Waals surface area (Å²) >= 11 is 0. The van der Waals surface area contributed by atoms with Crippen molar-refractivity contribution in [2.24, 2.45) is 0 Å². The maximum absolute atomic E-state index is 11.6. The van der Waals surface area contributed by atoms with E-state index >= 15 is 0 Å². The summed E-state index contributed by atoms with van der Waals surface area (Å²) in [6, 6.07) is 1.68. The number of nitrogens with zero attached hydrogens (tertiary/aromatic N) is 1. The van der Waals surface area contributed by atoms with E-state index in [0.717, 1.165) is 0 Å². The fourth-order valence-corrected chi connectivity index (χ4v) is 1.20. The first-order chi connectivity index (χ1) is 7.27. The monoisotopic (exact) mass is 209 g/mol. The fourth-order valence-electron chi connectivity index (χ4n) is 1.20. The van der Waals surface area contributed by atoms with Gasteiger partial charge in [-0.2, -0.15) is 0 Å². The number of hydrogen-bond donors (Lipinski definition) is 1. The van der Waals surface area contributed by atoms with Crippen molar-refractivity contribution < 1.29 is 14.6 Å². The average molecular weight is 209 g/mol. The second-order valence-electron chi connectivity index (χ2n) is 3.09. The van der Waals surface area contributed by atoms with E-state index < -0.39 is 0 Å². The molecule has 0 spiro atoms. The van der Waals surface area contributed by atoms with Gasteiger partial charge in [0.15, 0.2) is 5.78 Å². The van der Waals surface area contributed by atoms with Crippen LogP contribution >= 0.6 is 0 Å². The van der Waals surface area contributed by atoms with Gasteiger partial charge in [-0.25, -0.2) is 0 Å². The molecule has 0 aliphatic heterocycles. The zero-order valence-corrected chi connectivity index (χ0v) is 8.77. The Hall–Kier alpha value is -1.42. The Morgan fingerprint density at radius 1 is 1.53 bits per heavy atom. The normalized spacial score (nSPS) is 10.0. The number of hydrogen-bond acceptors (Lipinski definition) is 4. The molecular weight excluding hydrogens is 194 g/mol. The molecule has 4 heteroatoms. The molecule has 4 nitrogen and oxygen atoms in total. The van der Waals surface area contributed by atoms with E-state index in [1.54, 1.807) is 12.3 Å². The summed E-state index contributed by atoms with van der Waals surface area (Å²) in [5.74, 6) is 0.588. The van der Waals surface area contributed by atoms with Gasteiger partial charge >= 0.3 is 0 Å². The van der Waals surface area contributed by atoms with Crippen molar-refractivity contribution >= 4 is 5.78 Å². The van der Waals surface area contributed by atoms with Gasteiger partial charge in [0.1, 0.15) is 5.75 Å². The molecule has 0 unspecified atom stereocenters. The molecule has 0 bridgehead atoms. The minimum atomic E-state index is -0.0156. The summed E-state index contributed by atoms with van der Waals surface area (Å²) < 4.78 is 5.24. The van der Waals surface area contributed by atoms with Crippen molar-refractivity contribution in [2.45, 2.75) is 19.8 Å². The zero-order chi connectivity index (χ0) is 11.1. The van der Waals surface area contributed by atoms with Crippen molar-refractivity contribution in [2.75, 3.05) is 13.2 Å². The molecule has 0 amide bonds. The van der Waals surface area contributed by atoms with Crippen molar-refractivity contribution in [1.82, 2.24) is 4.98 Å². The zero-order valence-electron chi connectivity index (χ0n) is 8.77. The number of aromatic nitrogens is 1. The number of ketones is 1. The lowest BCUT2D eigenvalue weighted by Crippen LogP contribution is -2.02. The fraction of sp³-hybridized carbons (Fsp3) is 0.455. The van der Waals surface area contributed by atoms with Crippen LogP contribution in [0, 0.1) is 0 Å². The Labute approximate surface area is 88.9 Å². The highest BCUT2D eigenvalue weighted by atomic mass is 16.5. The first kappa shape index (κ1) is 11.7. The number of rotatable bonds is 6. The lowest BCUT2D eigenvalue weighted by atomic mass is 10.1. The molecule has 1 aromatic heterocycles. The van der Waals surface area contributed by atoms with Gasteiger partial charge in [-0.3, -0.25) is 9.78 Å². The van der Waals surface area contributed by atoms with Gasteiger partial charge in [0.2, 0.25) is 0 Å².